The summed E-state index contributed by atoms with van der Waals surface area (Å²) in [5.74, 6) is 1.86. The summed E-state index contributed by atoms with van der Waals surface area (Å²) in [6.07, 6.45) is 7.49. The van der Waals surface area contributed by atoms with Crippen LogP contribution in [0.4, 0.5) is 0 Å². The molecule has 0 aliphatic rings. The highest BCUT2D eigenvalue weighted by atomic mass is 16.5. The standard InChI is InChI=1S/C22H17N5O2/c1-2-6-16(7-3-1)20-21(18-9-5-13-28-18)27(15-24-20)12-10-19-25-22(26-29-19)17-8-4-11-23-14-17/h1-9,11,13-15H,10,12H2. The second-order valence-electron chi connectivity index (χ2n) is 6.48. The first-order chi connectivity index (χ1) is 14.4. The fourth-order valence-corrected chi connectivity index (χ4v) is 3.22. The van der Waals surface area contributed by atoms with Crippen LogP contribution in [0.2, 0.25) is 0 Å². The minimum atomic E-state index is 0.537. The van der Waals surface area contributed by atoms with Crippen molar-refractivity contribution in [2.45, 2.75) is 13.0 Å². The highest BCUT2D eigenvalue weighted by Crippen LogP contribution is 2.31. The van der Waals surface area contributed by atoms with E-state index in [1.165, 1.54) is 0 Å². The van der Waals surface area contributed by atoms with E-state index in [-0.39, 0.29) is 0 Å². The zero-order chi connectivity index (χ0) is 19.5. The first kappa shape index (κ1) is 17.1. The molecule has 4 aromatic heterocycles. The SMILES string of the molecule is c1ccc(-c2ncn(CCc3nc(-c4cccnc4)no3)c2-c2ccco2)cc1. The minimum Gasteiger partial charge on any atom is -0.463 e. The molecule has 0 spiro atoms. The molecule has 29 heavy (non-hydrogen) atoms. The van der Waals surface area contributed by atoms with E-state index in [1.807, 2.05) is 60.9 Å². The summed E-state index contributed by atoms with van der Waals surface area (Å²) in [5, 5.41) is 4.05. The second-order valence-corrected chi connectivity index (χ2v) is 6.48. The van der Waals surface area contributed by atoms with Crippen molar-refractivity contribution >= 4 is 0 Å². The molecule has 0 N–H and O–H groups in total. The maximum atomic E-state index is 5.68. The Labute approximate surface area is 166 Å². The van der Waals surface area contributed by atoms with Gasteiger partial charge in [-0.2, -0.15) is 4.98 Å². The van der Waals surface area contributed by atoms with Crippen molar-refractivity contribution < 1.29 is 8.94 Å². The summed E-state index contributed by atoms with van der Waals surface area (Å²) in [6.45, 7) is 0.630. The molecule has 0 unspecified atom stereocenters. The Hall–Kier alpha value is -4.00. The van der Waals surface area contributed by atoms with Crippen LogP contribution in [0.1, 0.15) is 5.89 Å². The number of furan rings is 1. The lowest BCUT2D eigenvalue weighted by Crippen LogP contribution is -2.02. The van der Waals surface area contributed by atoms with Gasteiger partial charge in [-0.3, -0.25) is 4.98 Å². The highest BCUT2D eigenvalue weighted by Gasteiger charge is 2.18. The molecule has 1 aromatic carbocycles. The summed E-state index contributed by atoms with van der Waals surface area (Å²) in [4.78, 5) is 13.2. The number of hydrogen-bond acceptors (Lipinski definition) is 6. The monoisotopic (exact) mass is 383 g/mol. The predicted molar refractivity (Wildman–Crippen MR) is 107 cm³/mol. The van der Waals surface area contributed by atoms with Crippen molar-refractivity contribution in [1.82, 2.24) is 24.7 Å². The van der Waals surface area contributed by atoms with Crippen molar-refractivity contribution in [2.24, 2.45) is 0 Å². The number of pyridine rings is 1. The van der Waals surface area contributed by atoms with Crippen LogP contribution in [-0.2, 0) is 13.0 Å². The molecule has 5 rings (SSSR count). The van der Waals surface area contributed by atoms with Crippen LogP contribution < -0.4 is 0 Å². The lowest BCUT2D eigenvalue weighted by Gasteiger charge is -2.07. The maximum absolute atomic E-state index is 5.68. The van der Waals surface area contributed by atoms with E-state index >= 15 is 0 Å². The fraction of sp³-hybridized carbons (Fsp3) is 0.0909. The molecule has 7 nitrogen and oxygen atoms in total. The van der Waals surface area contributed by atoms with Gasteiger partial charge in [-0.1, -0.05) is 35.5 Å². The number of rotatable bonds is 6. The van der Waals surface area contributed by atoms with Crippen molar-refractivity contribution in [3.05, 3.63) is 85.5 Å². The Morgan fingerprint density at radius 1 is 0.931 bits per heavy atom. The number of nitrogens with zero attached hydrogens (tertiary/aromatic N) is 5. The lowest BCUT2D eigenvalue weighted by atomic mass is 10.1. The third-order valence-corrected chi connectivity index (χ3v) is 4.59. The average molecular weight is 383 g/mol. The molecule has 0 saturated carbocycles. The van der Waals surface area contributed by atoms with Gasteiger partial charge in [-0.15, -0.1) is 0 Å². The quantitative estimate of drug-likeness (QED) is 0.429. The van der Waals surface area contributed by atoms with Gasteiger partial charge in [0.15, 0.2) is 5.76 Å². The van der Waals surface area contributed by atoms with E-state index in [0.717, 1.165) is 28.3 Å². The molecule has 0 bridgehead atoms. The normalized spacial score (nSPS) is 11.0. The van der Waals surface area contributed by atoms with E-state index in [2.05, 4.69) is 24.7 Å². The zero-order valence-corrected chi connectivity index (χ0v) is 15.5. The fourth-order valence-electron chi connectivity index (χ4n) is 3.22. The largest absolute Gasteiger partial charge is 0.463 e. The summed E-state index contributed by atoms with van der Waals surface area (Å²) in [5.41, 5.74) is 3.66. The van der Waals surface area contributed by atoms with Gasteiger partial charge >= 0.3 is 0 Å². The molecule has 0 aliphatic heterocycles. The van der Waals surface area contributed by atoms with Crippen LogP contribution >= 0.6 is 0 Å². The van der Waals surface area contributed by atoms with Gasteiger partial charge in [0.2, 0.25) is 11.7 Å². The first-order valence-corrected chi connectivity index (χ1v) is 9.26. The molecule has 0 amide bonds. The summed E-state index contributed by atoms with van der Waals surface area (Å²) in [6, 6.07) is 17.6. The molecule has 0 radical (unpaired) electrons. The summed E-state index contributed by atoms with van der Waals surface area (Å²) in [7, 11) is 0. The molecule has 7 heteroatoms. The van der Waals surface area contributed by atoms with Crippen LogP contribution in [0.15, 0.2) is 88.5 Å². The Morgan fingerprint density at radius 3 is 2.62 bits per heavy atom. The minimum absolute atomic E-state index is 0.537. The van der Waals surface area contributed by atoms with E-state index < -0.39 is 0 Å². The van der Waals surface area contributed by atoms with Crippen LogP contribution in [0.3, 0.4) is 0 Å². The molecular formula is C22H17N5O2. The van der Waals surface area contributed by atoms with Gasteiger partial charge < -0.3 is 13.5 Å². The van der Waals surface area contributed by atoms with Crippen LogP contribution in [-0.4, -0.2) is 24.7 Å². The van der Waals surface area contributed by atoms with Gasteiger partial charge in [0, 0.05) is 36.5 Å². The van der Waals surface area contributed by atoms with Crippen molar-refractivity contribution in [1.29, 1.82) is 0 Å². The number of aromatic nitrogens is 5. The molecule has 0 saturated heterocycles. The molecular weight excluding hydrogens is 366 g/mol. The molecule has 142 valence electrons. The molecule has 5 aromatic rings. The Bertz CT molecular complexity index is 1190. The number of hydrogen-bond donors (Lipinski definition) is 0. The van der Waals surface area contributed by atoms with Crippen molar-refractivity contribution in [3.63, 3.8) is 0 Å². The predicted octanol–water partition coefficient (Wildman–Crippen LogP) is 4.50. The van der Waals surface area contributed by atoms with E-state index in [1.54, 1.807) is 18.7 Å². The number of aryl methyl sites for hydroxylation is 2. The lowest BCUT2D eigenvalue weighted by molar-refractivity contribution is 0.372. The van der Waals surface area contributed by atoms with Crippen molar-refractivity contribution in [2.75, 3.05) is 0 Å². The summed E-state index contributed by atoms with van der Waals surface area (Å²) >= 11 is 0. The number of benzene rings is 1. The third kappa shape index (κ3) is 3.45. The van der Waals surface area contributed by atoms with Gasteiger partial charge in [0.1, 0.15) is 5.69 Å². The van der Waals surface area contributed by atoms with Crippen LogP contribution in [0.25, 0.3) is 34.1 Å². The van der Waals surface area contributed by atoms with Gasteiger partial charge in [-0.25, -0.2) is 4.98 Å². The summed E-state index contributed by atoms with van der Waals surface area (Å²) < 4.78 is 13.1. The first-order valence-electron chi connectivity index (χ1n) is 9.26. The van der Waals surface area contributed by atoms with Gasteiger partial charge in [0.25, 0.3) is 0 Å². The number of imidazole rings is 1. The van der Waals surface area contributed by atoms with Crippen LogP contribution in [0.5, 0.6) is 0 Å². The second kappa shape index (κ2) is 7.55. The topological polar surface area (TPSA) is 82.8 Å². The molecule has 0 atom stereocenters. The van der Waals surface area contributed by atoms with E-state index in [4.69, 9.17) is 8.94 Å². The average Bonchev–Trinajstić information content (AvgIpc) is 3.54. The Balaban J connectivity index is 1.42. The smallest absolute Gasteiger partial charge is 0.228 e. The Morgan fingerprint density at radius 2 is 1.83 bits per heavy atom. The Kier molecular flexibility index (Phi) is 4.46. The molecule has 0 aliphatic carbocycles. The van der Waals surface area contributed by atoms with Crippen molar-refractivity contribution in [3.8, 4) is 34.1 Å². The maximum Gasteiger partial charge on any atom is 0.228 e. The zero-order valence-electron chi connectivity index (χ0n) is 15.5. The third-order valence-electron chi connectivity index (χ3n) is 4.59. The highest BCUT2D eigenvalue weighted by molar-refractivity contribution is 5.76. The molecule has 4 heterocycles. The van der Waals surface area contributed by atoms with Gasteiger partial charge in [0.05, 0.1) is 18.3 Å². The van der Waals surface area contributed by atoms with Gasteiger partial charge in [-0.05, 0) is 24.3 Å². The van der Waals surface area contributed by atoms with E-state index in [9.17, 15) is 0 Å². The van der Waals surface area contributed by atoms with E-state index in [0.29, 0.717) is 24.7 Å². The molecule has 0 fully saturated rings. The van der Waals surface area contributed by atoms with Crippen LogP contribution in [0, 0.1) is 0 Å².